The highest BCUT2D eigenvalue weighted by atomic mass is 19.1. The van der Waals surface area contributed by atoms with E-state index >= 15 is 0 Å². The van der Waals surface area contributed by atoms with Crippen molar-refractivity contribution >= 4 is 11.7 Å². The van der Waals surface area contributed by atoms with E-state index in [9.17, 15) is 9.18 Å². The number of amidine groups is 1. The number of carbonyl (C=O) groups excluding carboxylic acids is 1. The summed E-state index contributed by atoms with van der Waals surface area (Å²) in [4.78, 5) is 15.7. The minimum absolute atomic E-state index is 0.0432. The van der Waals surface area contributed by atoms with Crippen molar-refractivity contribution in [2.45, 2.75) is 6.04 Å². The van der Waals surface area contributed by atoms with Crippen molar-refractivity contribution in [2.24, 2.45) is 10.9 Å². The maximum absolute atomic E-state index is 13.1. The molecule has 6 nitrogen and oxygen atoms in total. The molecule has 0 saturated heterocycles. The lowest BCUT2D eigenvalue weighted by atomic mass is 10.1. The van der Waals surface area contributed by atoms with E-state index in [0.29, 0.717) is 5.56 Å². The molecule has 1 unspecified atom stereocenters. The van der Waals surface area contributed by atoms with Crippen molar-refractivity contribution < 1.29 is 14.4 Å². The van der Waals surface area contributed by atoms with Crippen LogP contribution in [-0.2, 0) is 0 Å². The summed E-state index contributed by atoms with van der Waals surface area (Å²) in [6.07, 6.45) is 2.22. The normalized spacial score (nSPS) is 12.7. The Bertz CT molecular complexity index is 661. The average molecular weight is 288 g/mol. The van der Waals surface area contributed by atoms with Crippen molar-refractivity contribution in [1.82, 2.24) is 10.3 Å². The Labute approximate surface area is 120 Å². The van der Waals surface area contributed by atoms with Crippen molar-refractivity contribution in [3.63, 3.8) is 0 Å². The lowest BCUT2D eigenvalue weighted by Crippen LogP contribution is -2.37. The molecule has 1 aromatic heterocycles. The number of amides is 1. The van der Waals surface area contributed by atoms with Crippen LogP contribution in [0.3, 0.4) is 0 Å². The van der Waals surface area contributed by atoms with Gasteiger partial charge in [0.15, 0.2) is 5.84 Å². The van der Waals surface area contributed by atoms with Gasteiger partial charge in [-0.2, -0.15) is 0 Å². The first kappa shape index (κ1) is 14.4. The first-order valence-corrected chi connectivity index (χ1v) is 6.05. The molecule has 0 bridgehead atoms. The monoisotopic (exact) mass is 288 g/mol. The van der Waals surface area contributed by atoms with Crippen molar-refractivity contribution in [2.75, 3.05) is 0 Å². The molecule has 0 fully saturated rings. The number of nitrogens with one attached hydrogen (secondary N) is 1. The number of hydrogen-bond donors (Lipinski definition) is 3. The summed E-state index contributed by atoms with van der Waals surface area (Å²) in [7, 11) is 0. The quantitative estimate of drug-likeness (QED) is 0.343. The van der Waals surface area contributed by atoms with E-state index in [1.54, 1.807) is 30.3 Å². The third-order valence-electron chi connectivity index (χ3n) is 2.79. The van der Waals surface area contributed by atoms with Crippen molar-refractivity contribution in [3.8, 4) is 0 Å². The highest BCUT2D eigenvalue weighted by molar-refractivity contribution is 5.98. The Morgan fingerprint density at radius 3 is 2.67 bits per heavy atom. The van der Waals surface area contributed by atoms with E-state index in [1.807, 2.05) is 0 Å². The number of oxime groups is 1. The Hall–Kier alpha value is -2.96. The molecule has 2 rings (SSSR count). The average Bonchev–Trinajstić information content (AvgIpc) is 2.52. The van der Waals surface area contributed by atoms with Crippen LogP contribution in [0.2, 0.25) is 0 Å². The zero-order chi connectivity index (χ0) is 15.2. The fourth-order valence-corrected chi connectivity index (χ4v) is 1.78. The zero-order valence-electron chi connectivity index (χ0n) is 10.9. The molecule has 2 aromatic rings. The van der Waals surface area contributed by atoms with Gasteiger partial charge < -0.3 is 16.3 Å². The SMILES string of the molecule is N/C(=N/O)C(NC(=O)c1cncc(F)c1)c1ccccc1. The molecule has 108 valence electrons. The van der Waals surface area contributed by atoms with Crippen molar-refractivity contribution in [1.29, 1.82) is 0 Å². The smallest absolute Gasteiger partial charge is 0.253 e. The van der Waals surface area contributed by atoms with Gasteiger partial charge in [0.25, 0.3) is 5.91 Å². The lowest BCUT2D eigenvalue weighted by Gasteiger charge is -2.17. The Morgan fingerprint density at radius 1 is 1.33 bits per heavy atom. The Morgan fingerprint density at radius 2 is 2.05 bits per heavy atom. The molecule has 0 aliphatic heterocycles. The topological polar surface area (TPSA) is 101 Å². The molecule has 0 saturated carbocycles. The van der Waals surface area contributed by atoms with Gasteiger partial charge in [0.2, 0.25) is 0 Å². The van der Waals surface area contributed by atoms with Gasteiger partial charge in [-0.3, -0.25) is 9.78 Å². The van der Waals surface area contributed by atoms with Gasteiger partial charge in [-0.25, -0.2) is 4.39 Å². The fraction of sp³-hybridized carbons (Fsp3) is 0.0714. The van der Waals surface area contributed by atoms with E-state index in [-0.39, 0.29) is 11.4 Å². The maximum Gasteiger partial charge on any atom is 0.253 e. The van der Waals surface area contributed by atoms with E-state index in [2.05, 4.69) is 15.5 Å². The molecule has 1 heterocycles. The Balaban J connectivity index is 2.26. The second kappa shape index (κ2) is 6.47. The third-order valence-corrected chi connectivity index (χ3v) is 2.79. The van der Waals surface area contributed by atoms with Crippen LogP contribution in [0, 0.1) is 5.82 Å². The van der Waals surface area contributed by atoms with Gasteiger partial charge in [-0.15, -0.1) is 0 Å². The fourth-order valence-electron chi connectivity index (χ4n) is 1.78. The minimum atomic E-state index is -0.827. The number of rotatable bonds is 4. The summed E-state index contributed by atoms with van der Waals surface area (Å²) >= 11 is 0. The molecule has 21 heavy (non-hydrogen) atoms. The molecule has 0 radical (unpaired) electrons. The number of halogens is 1. The molecule has 0 aliphatic carbocycles. The summed E-state index contributed by atoms with van der Waals surface area (Å²) in [5.74, 6) is -1.39. The number of aromatic nitrogens is 1. The van der Waals surface area contributed by atoms with Crippen LogP contribution in [0.5, 0.6) is 0 Å². The minimum Gasteiger partial charge on any atom is -0.409 e. The molecule has 1 amide bonds. The molecular formula is C14H13FN4O2. The van der Waals surface area contributed by atoms with Crippen LogP contribution in [0.1, 0.15) is 22.0 Å². The van der Waals surface area contributed by atoms with Gasteiger partial charge in [-0.1, -0.05) is 35.5 Å². The first-order valence-electron chi connectivity index (χ1n) is 6.05. The van der Waals surface area contributed by atoms with E-state index in [0.717, 1.165) is 12.3 Å². The van der Waals surface area contributed by atoms with Gasteiger partial charge in [0.05, 0.1) is 11.8 Å². The van der Waals surface area contributed by atoms with Gasteiger partial charge >= 0.3 is 0 Å². The predicted molar refractivity (Wildman–Crippen MR) is 74.3 cm³/mol. The summed E-state index contributed by atoms with van der Waals surface area (Å²) in [5, 5.41) is 14.3. The Kier molecular flexibility index (Phi) is 4.45. The van der Waals surface area contributed by atoms with Crippen LogP contribution < -0.4 is 11.1 Å². The summed E-state index contributed by atoms with van der Waals surface area (Å²) < 4.78 is 13.1. The second-order valence-electron chi connectivity index (χ2n) is 4.23. The number of nitrogens with two attached hydrogens (primary N) is 1. The van der Waals surface area contributed by atoms with Gasteiger partial charge in [0, 0.05) is 6.20 Å². The summed E-state index contributed by atoms with van der Waals surface area (Å²) in [5.41, 5.74) is 6.27. The van der Waals surface area contributed by atoms with Crippen molar-refractivity contribution in [3.05, 3.63) is 65.7 Å². The van der Waals surface area contributed by atoms with Crippen LogP contribution in [0.4, 0.5) is 4.39 Å². The standard InChI is InChI=1S/C14H13FN4O2/c15-11-6-10(7-17-8-11)14(20)18-12(13(16)19-21)9-4-2-1-3-5-9/h1-8,12,21H,(H2,16,19)(H,18,20). The highest BCUT2D eigenvalue weighted by Gasteiger charge is 2.20. The molecule has 0 spiro atoms. The largest absolute Gasteiger partial charge is 0.409 e. The van der Waals surface area contributed by atoms with Crippen LogP contribution in [0.25, 0.3) is 0 Å². The van der Waals surface area contributed by atoms with Crippen LogP contribution in [-0.4, -0.2) is 21.9 Å². The predicted octanol–water partition coefficient (Wildman–Crippen LogP) is 1.44. The maximum atomic E-state index is 13.1. The molecule has 0 aliphatic rings. The first-order chi connectivity index (χ1) is 10.1. The number of hydrogen-bond acceptors (Lipinski definition) is 4. The molecule has 1 aromatic carbocycles. The number of carbonyl (C=O) groups is 1. The summed E-state index contributed by atoms with van der Waals surface area (Å²) in [6.45, 7) is 0. The molecule has 7 heteroatoms. The van der Waals surface area contributed by atoms with Gasteiger partial charge in [-0.05, 0) is 11.6 Å². The molecule has 4 N–H and O–H groups in total. The summed E-state index contributed by atoms with van der Waals surface area (Å²) in [6, 6.07) is 8.96. The third kappa shape index (κ3) is 3.53. The van der Waals surface area contributed by atoms with Crippen LogP contribution >= 0.6 is 0 Å². The highest BCUT2D eigenvalue weighted by Crippen LogP contribution is 2.14. The molecular weight excluding hydrogens is 275 g/mol. The number of benzene rings is 1. The lowest BCUT2D eigenvalue weighted by molar-refractivity contribution is 0.0945. The zero-order valence-corrected chi connectivity index (χ0v) is 10.9. The number of pyridine rings is 1. The van der Waals surface area contributed by atoms with E-state index in [1.165, 1.54) is 6.20 Å². The van der Waals surface area contributed by atoms with Crippen LogP contribution in [0.15, 0.2) is 53.9 Å². The molecule has 1 atom stereocenters. The van der Waals surface area contributed by atoms with E-state index < -0.39 is 17.8 Å². The van der Waals surface area contributed by atoms with Gasteiger partial charge in [0.1, 0.15) is 11.9 Å². The van der Waals surface area contributed by atoms with E-state index in [4.69, 9.17) is 10.9 Å². The number of nitrogens with zero attached hydrogens (tertiary/aromatic N) is 2. The second-order valence-corrected chi connectivity index (χ2v) is 4.23.